The van der Waals surface area contributed by atoms with E-state index in [0.717, 1.165) is 32.1 Å². The van der Waals surface area contributed by atoms with Crippen molar-refractivity contribution in [2.24, 2.45) is 17.8 Å². The Morgan fingerprint density at radius 1 is 1.16 bits per heavy atom. The minimum Gasteiger partial charge on any atom is -0.348 e. The number of aromatic amines is 1. The second kappa shape index (κ2) is 10.4. The number of carbonyl (C=O) groups excluding carboxylic acids is 4. The standard InChI is InChI=1S/C27H30Cl2FN3O4/c1-2-21(34)19(9-13-5-4-8-22(13)35)32-26(36)25-15-7-3-6-14(15)12-33(25)27(37)20-10-16-17(28)11-18(29)23(30)24(16)31-20/h10-11,13-15,19,25,31H,2-9,12H2,1H3,(H,32,36)/t13-,14-,15-,19-,25-/m0/s1. The summed E-state index contributed by atoms with van der Waals surface area (Å²) >= 11 is 12.2. The molecule has 2 saturated carbocycles. The van der Waals surface area contributed by atoms with Gasteiger partial charge in [-0.05, 0) is 56.1 Å². The van der Waals surface area contributed by atoms with Crippen LogP contribution in [0.25, 0.3) is 10.9 Å². The molecule has 0 radical (unpaired) electrons. The van der Waals surface area contributed by atoms with Crippen molar-refractivity contribution >= 4 is 57.5 Å². The fourth-order valence-electron chi connectivity index (χ4n) is 6.50. The summed E-state index contributed by atoms with van der Waals surface area (Å²) in [4.78, 5) is 56.7. The van der Waals surface area contributed by atoms with Gasteiger partial charge >= 0.3 is 0 Å². The number of H-pyrrole nitrogens is 1. The van der Waals surface area contributed by atoms with Gasteiger partial charge in [-0.25, -0.2) is 4.39 Å². The first-order chi connectivity index (χ1) is 17.7. The summed E-state index contributed by atoms with van der Waals surface area (Å²) in [6.45, 7) is 2.14. The first-order valence-corrected chi connectivity index (χ1v) is 13.8. The van der Waals surface area contributed by atoms with E-state index in [1.165, 1.54) is 17.0 Å². The Labute approximate surface area is 224 Å². The average molecular weight is 550 g/mol. The zero-order valence-corrected chi connectivity index (χ0v) is 22.1. The van der Waals surface area contributed by atoms with Gasteiger partial charge in [0, 0.05) is 30.7 Å². The molecule has 0 bridgehead atoms. The van der Waals surface area contributed by atoms with Crippen molar-refractivity contribution < 1.29 is 23.6 Å². The lowest BCUT2D eigenvalue weighted by Crippen LogP contribution is -2.53. The molecule has 0 spiro atoms. The quantitative estimate of drug-likeness (QED) is 0.470. The van der Waals surface area contributed by atoms with Crippen LogP contribution in [0.3, 0.4) is 0 Å². The Balaban J connectivity index is 1.41. The van der Waals surface area contributed by atoms with E-state index >= 15 is 0 Å². The highest BCUT2D eigenvalue weighted by molar-refractivity contribution is 6.38. The minimum absolute atomic E-state index is 0.0198. The van der Waals surface area contributed by atoms with Crippen LogP contribution in [0.15, 0.2) is 12.1 Å². The molecule has 1 aliphatic heterocycles. The number of carbonyl (C=O) groups is 4. The molecular formula is C27H30Cl2FN3O4. The molecule has 2 aromatic rings. The second-order valence-corrected chi connectivity index (χ2v) is 11.4. The lowest BCUT2D eigenvalue weighted by Gasteiger charge is -2.29. The summed E-state index contributed by atoms with van der Waals surface area (Å²) in [5.41, 5.74) is 0.157. The van der Waals surface area contributed by atoms with Gasteiger partial charge in [0.05, 0.1) is 21.6 Å². The van der Waals surface area contributed by atoms with Gasteiger partial charge in [0.25, 0.3) is 5.91 Å². The van der Waals surface area contributed by atoms with Gasteiger partial charge < -0.3 is 15.2 Å². The highest BCUT2D eigenvalue weighted by Gasteiger charge is 2.50. The topological polar surface area (TPSA) is 99.3 Å². The fourth-order valence-corrected chi connectivity index (χ4v) is 7.02. The number of nitrogens with zero attached hydrogens (tertiary/aromatic N) is 1. The smallest absolute Gasteiger partial charge is 0.271 e. The molecule has 1 saturated heterocycles. The molecule has 198 valence electrons. The normalized spacial score (nSPS) is 26.1. The maximum atomic E-state index is 14.6. The highest BCUT2D eigenvalue weighted by atomic mass is 35.5. The Kier molecular flexibility index (Phi) is 7.33. The largest absolute Gasteiger partial charge is 0.348 e. The van der Waals surface area contributed by atoms with Gasteiger partial charge in [-0.1, -0.05) is 36.5 Å². The number of ketones is 2. The number of benzene rings is 1. The van der Waals surface area contributed by atoms with Gasteiger partial charge in [0.1, 0.15) is 17.5 Å². The third-order valence-electron chi connectivity index (χ3n) is 8.41. The molecule has 10 heteroatoms. The Bertz CT molecular complexity index is 1280. The predicted octanol–water partition coefficient (Wildman–Crippen LogP) is 5.08. The highest BCUT2D eigenvalue weighted by Crippen LogP contribution is 2.43. The van der Waals surface area contributed by atoms with Crippen molar-refractivity contribution in [2.45, 2.75) is 70.4 Å². The van der Waals surface area contributed by atoms with Gasteiger partial charge in [0.2, 0.25) is 5.91 Å². The molecule has 2 aliphatic carbocycles. The number of aromatic nitrogens is 1. The number of halogens is 3. The van der Waals surface area contributed by atoms with Crippen LogP contribution in [0.5, 0.6) is 0 Å². The van der Waals surface area contributed by atoms with Crippen LogP contribution in [0.4, 0.5) is 4.39 Å². The maximum absolute atomic E-state index is 14.6. The van der Waals surface area contributed by atoms with E-state index in [1.54, 1.807) is 6.92 Å². The first kappa shape index (κ1) is 26.2. The zero-order chi connectivity index (χ0) is 26.4. The monoisotopic (exact) mass is 549 g/mol. The number of hydrogen-bond donors (Lipinski definition) is 2. The molecule has 1 aromatic heterocycles. The molecule has 2 amide bonds. The summed E-state index contributed by atoms with van der Waals surface area (Å²) in [6, 6.07) is 1.27. The number of nitrogens with one attached hydrogen (secondary N) is 2. The maximum Gasteiger partial charge on any atom is 0.271 e. The number of rotatable bonds is 7. The van der Waals surface area contributed by atoms with Gasteiger partial charge in [-0.15, -0.1) is 0 Å². The van der Waals surface area contributed by atoms with E-state index in [4.69, 9.17) is 23.2 Å². The summed E-state index contributed by atoms with van der Waals surface area (Å²) in [7, 11) is 0. The van der Waals surface area contributed by atoms with Crippen LogP contribution >= 0.6 is 23.2 Å². The van der Waals surface area contributed by atoms with Gasteiger partial charge in [0.15, 0.2) is 11.6 Å². The van der Waals surface area contributed by atoms with Crippen LogP contribution < -0.4 is 5.32 Å². The van der Waals surface area contributed by atoms with Crippen molar-refractivity contribution in [1.29, 1.82) is 0 Å². The SMILES string of the molecule is CCC(=O)[C@H](C[C@@H]1CCCC1=O)NC(=O)[C@@H]1[C@H]2CCC[C@H]2CN1C(=O)c1cc2c(Cl)cc(Cl)c(F)c2[nH]1. The van der Waals surface area contributed by atoms with Crippen molar-refractivity contribution in [3.8, 4) is 0 Å². The third-order valence-corrected chi connectivity index (χ3v) is 9.00. The zero-order valence-electron chi connectivity index (χ0n) is 20.6. The summed E-state index contributed by atoms with van der Waals surface area (Å²) < 4.78 is 14.6. The first-order valence-electron chi connectivity index (χ1n) is 13.0. The van der Waals surface area contributed by atoms with E-state index < -0.39 is 23.8 Å². The summed E-state index contributed by atoms with van der Waals surface area (Å²) in [5.74, 6) is -1.55. The van der Waals surface area contributed by atoms with E-state index in [9.17, 15) is 23.6 Å². The van der Waals surface area contributed by atoms with E-state index in [1.807, 2.05) is 0 Å². The summed E-state index contributed by atoms with van der Waals surface area (Å²) in [5, 5.41) is 3.31. The van der Waals surface area contributed by atoms with Crippen LogP contribution in [-0.4, -0.2) is 51.9 Å². The van der Waals surface area contributed by atoms with Crippen molar-refractivity contribution in [1.82, 2.24) is 15.2 Å². The van der Waals surface area contributed by atoms with Crippen LogP contribution in [0.2, 0.25) is 10.0 Å². The molecule has 5 rings (SSSR count). The third kappa shape index (κ3) is 4.78. The molecule has 0 unspecified atom stereocenters. The molecule has 1 aromatic carbocycles. The predicted molar refractivity (Wildman–Crippen MR) is 138 cm³/mol. The Morgan fingerprint density at radius 3 is 2.65 bits per heavy atom. The number of fused-ring (bicyclic) bond motifs is 2. The van der Waals surface area contributed by atoms with Gasteiger partial charge in [-0.3, -0.25) is 19.2 Å². The number of amides is 2. The number of hydrogen-bond acceptors (Lipinski definition) is 4. The molecule has 2 heterocycles. The lowest BCUT2D eigenvalue weighted by molar-refractivity contribution is -0.131. The number of likely N-dealkylation sites (tertiary alicyclic amines) is 1. The molecular weight excluding hydrogens is 520 g/mol. The molecule has 3 fully saturated rings. The molecule has 37 heavy (non-hydrogen) atoms. The minimum atomic E-state index is -0.759. The molecule has 7 nitrogen and oxygen atoms in total. The van der Waals surface area contributed by atoms with Crippen LogP contribution in [0.1, 0.15) is 68.8 Å². The fraction of sp³-hybridized carbons (Fsp3) is 0.556. The average Bonchev–Trinajstić information content (AvgIpc) is 3.65. The van der Waals surface area contributed by atoms with Crippen LogP contribution in [-0.2, 0) is 14.4 Å². The molecule has 5 atom stereocenters. The molecule has 2 N–H and O–H groups in total. The Morgan fingerprint density at radius 2 is 1.95 bits per heavy atom. The summed E-state index contributed by atoms with van der Waals surface area (Å²) in [6.07, 6.45) is 5.28. The van der Waals surface area contributed by atoms with E-state index in [-0.39, 0.29) is 62.9 Å². The second-order valence-electron chi connectivity index (χ2n) is 10.6. The van der Waals surface area contributed by atoms with E-state index in [0.29, 0.717) is 24.8 Å². The molecule has 3 aliphatic rings. The number of Topliss-reactive ketones (excluding diaryl/α,β-unsaturated/α-hetero) is 2. The Hall–Kier alpha value is -2.45. The van der Waals surface area contributed by atoms with Crippen molar-refractivity contribution in [2.75, 3.05) is 6.54 Å². The van der Waals surface area contributed by atoms with Crippen molar-refractivity contribution in [3.05, 3.63) is 33.7 Å². The van der Waals surface area contributed by atoms with E-state index in [2.05, 4.69) is 10.3 Å². The van der Waals surface area contributed by atoms with Crippen molar-refractivity contribution in [3.63, 3.8) is 0 Å². The van der Waals surface area contributed by atoms with Crippen LogP contribution in [0, 0.1) is 23.6 Å². The van der Waals surface area contributed by atoms with Gasteiger partial charge in [-0.2, -0.15) is 0 Å². The lowest BCUT2D eigenvalue weighted by atomic mass is 9.91.